The highest BCUT2D eigenvalue weighted by molar-refractivity contribution is 7.08. The minimum Gasteiger partial charge on any atom is -0.361 e. The number of nitrogens with zero attached hydrogens (tertiary/aromatic N) is 2. The first-order valence-electron chi connectivity index (χ1n) is 7.49. The summed E-state index contributed by atoms with van der Waals surface area (Å²) in [5, 5.41) is 7.96. The van der Waals surface area contributed by atoms with Crippen LogP contribution in [0, 0.1) is 0 Å². The zero-order valence-electron chi connectivity index (χ0n) is 12.7. The summed E-state index contributed by atoms with van der Waals surface area (Å²) in [5.74, 6) is -0.125. The summed E-state index contributed by atoms with van der Waals surface area (Å²) in [6, 6.07) is 9.54. The Kier molecular flexibility index (Phi) is 3.80. The first kappa shape index (κ1) is 14.6. The molecule has 0 atom stereocenters. The maximum absolute atomic E-state index is 12.4. The predicted octanol–water partition coefficient (Wildman–Crippen LogP) is 3.62. The number of rotatable bonds is 4. The molecule has 0 saturated heterocycles. The van der Waals surface area contributed by atoms with Crippen molar-refractivity contribution >= 4 is 28.1 Å². The summed E-state index contributed by atoms with van der Waals surface area (Å²) in [5.41, 5.74) is 4.22. The molecule has 1 amide bonds. The molecule has 0 spiro atoms. The van der Waals surface area contributed by atoms with Crippen molar-refractivity contribution in [3.63, 3.8) is 0 Å². The molecule has 3 heterocycles. The Morgan fingerprint density at radius 3 is 2.96 bits per heavy atom. The number of thiophene rings is 1. The van der Waals surface area contributed by atoms with Crippen molar-refractivity contribution in [2.45, 2.75) is 6.54 Å². The quantitative estimate of drug-likeness (QED) is 0.599. The van der Waals surface area contributed by atoms with E-state index in [9.17, 15) is 4.79 Å². The van der Waals surface area contributed by atoms with Gasteiger partial charge in [0, 0.05) is 46.0 Å². The Balaban J connectivity index is 1.53. The molecule has 0 fully saturated rings. The van der Waals surface area contributed by atoms with Gasteiger partial charge < -0.3 is 10.3 Å². The minimum atomic E-state index is -0.125. The van der Waals surface area contributed by atoms with Gasteiger partial charge in [-0.25, -0.2) is 0 Å². The van der Waals surface area contributed by atoms with E-state index in [0.29, 0.717) is 12.1 Å². The number of benzene rings is 1. The van der Waals surface area contributed by atoms with Crippen LogP contribution in [0.1, 0.15) is 16.1 Å². The Morgan fingerprint density at radius 2 is 2.08 bits per heavy atom. The topological polar surface area (TPSA) is 70.7 Å². The van der Waals surface area contributed by atoms with Crippen molar-refractivity contribution in [3.8, 4) is 11.3 Å². The highest BCUT2D eigenvalue weighted by Gasteiger charge is 2.11. The summed E-state index contributed by atoms with van der Waals surface area (Å²) in [6.45, 7) is 0.336. The zero-order chi connectivity index (χ0) is 16.4. The molecule has 24 heavy (non-hydrogen) atoms. The van der Waals surface area contributed by atoms with Crippen molar-refractivity contribution in [2.24, 2.45) is 0 Å². The van der Waals surface area contributed by atoms with Crippen LogP contribution in [0.5, 0.6) is 0 Å². The average molecular weight is 334 g/mol. The van der Waals surface area contributed by atoms with Gasteiger partial charge in [-0.05, 0) is 35.7 Å². The molecule has 0 saturated carbocycles. The van der Waals surface area contributed by atoms with Crippen LogP contribution in [0.2, 0.25) is 0 Å². The molecule has 4 aromatic rings. The van der Waals surface area contributed by atoms with Crippen molar-refractivity contribution < 1.29 is 4.79 Å². The molecule has 4 rings (SSSR count). The van der Waals surface area contributed by atoms with Gasteiger partial charge in [-0.3, -0.25) is 14.8 Å². The van der Waals surface area contributed by atoms with Crippen LogP contribution in [-0.2, 0) is 6.54 Å². The number of nitrogens with one attached hydrogen (secondary N) is 2. The number of hydrogen-bond donors (Lipinski definition) is 2. The van der Waals surface area contributed by atoms with Crippen molar-refractivity contribution in [2.75, 3.05) is 0 Å². The number of aromatic nitrogens is 3. The van der Waals surface area contributed by atoms with Gasteiger partial charge in [-0.2, -0.15) is 11.3 Å². The second-order valence-electron chi connectivity index (χ2n) is 5.33. The Bertz CT molecular complexity index is 991. The maximum Gasteiger partial charge on any atom is 0.251 e. The standard InChI is InChI=1S/C18H14N4OS/c23-18(13-1-2-15-12(9-13)3-5-19-15)22-10-16-17(21-7-6-20-16)14-4-8-24-11-14/h1-9,11,19H,10H2,(H,22,23). The molecule has 3 aromatic heterocycles. The number of carbonyl (C=O) groups excluding carboxylic acids is 1. The van der Waals surface area contributed by atoms with Crippen LogP contribution >= 0.6 is 11.3 Å². The molecule has 2 N–H and O–H groups in total. The van der Waals surface area contributed by atoms with Crippen LogP contribution in [-0.4, -0.2) is 20.9 Å². The van der Waals surface area contributed by atoms with E-state index in [1.807, 2.05) is 47.3 Å². The van der Waals surface area contributed by atoms with Crippen LogP contribution in [0.3, 0.4) is 0 Å². The monoisotopic (exact) mass is 334 g/mol. The van der Waals surface area contributed by atoms with Gasteiger partial charge in [-0.15, -0.1) is 0 Å². The van der Waals surface area contributed by atoms with E-state index >= 15 is 0 Å². The van der Waals surface area contributed by atoms with Crippen molar-refractivity contribution in [1.29, 1.82) is 0 Å². The van der Waals surface area contributed by atoms with Crippen molar-refractivity contribution in [1.82, 2.24) is 20.3 Å². The lowest BCUT2D eigenvalue weighted by Crippen LogP contribution is -2.23. The van der Waals surface area contributed by atoms with E-state index in [1.54, 1.807) is 23.7 Å². The SMILES string of the molecule is O=C(NCc1nccnc1-c1ccsc1)c1ccc2[nH]ccc2c1. The molecular formula is C18H14N4OS. The highest BCUT2D eigenvalue weighted by Crippen LogP contribution is 2.22. The normalized spacial score (nSPS) is 10.8. The molecule has 5 nitrogen and oxygen atoms in total. The number of carbonyl (C=O) groups is 1. The summed E-state index contributed by atoms with van der Waals surface area (Å²) in [7, 11) is 0. The molecule has 0 bridgehead atoms. The molecule has 118 valence electrons. The van der Waals surface area contributed by atoms with Crippen LogP contribution in [0.4, 0.5) is 0 Å². The van der Waals surface area contributed by atoms with E-state index in [2.05, 4.69) is 20.3 Å². The van der Waals surface area contributed by atoms with Gasteiger partial charge in [-0.1, -0.05) is 0 Å². The number of fused-ring (bicyclic) bond motifs is 1. The molecule has 0 radical (unpaired) electrons. The van der Waals surface area contributed by atoms with Gasteiger partial charge in [0.05, 0.1) is 17.9 Å². The van der Waals surface area contributed by atoms with Crippen LogP contribution in [0.25, 0.3) is 22.2 Å². The predicted molar refractivity (Wildman–Crippen MR) is 94.8 cm³/mol. The Morgan fingerprint density at radius 1 is 1.17 bits per heavy atom. The lowest BCUT2D eigenvalue weighted by Gasteiger charge is -2.08. The van der Waals surface area contributed by atoms with Crippen LogP contribution in [0.15, 0.2) is 59.7 Å². The van der Waals surface area contributed by atoms with Gasteiger partial charge in [0.1, 0.15) is 0 Å². The molecule has 6 heteroatoms. The number of amides is 1. The number of H-pyrrole nitrogens is 1. The van der Waals surface area contributed by atoms with E-state index in [0.717, 1.165) is 27.9 Å². The van der Waals surface area contributed by atoms with Gasteiger partial charge in [0.15, 0.2) is 0 Å². The van der Waals surface area contributed by atoms with Gasteiger partial charge >= 0.3 is 0 Å². The van der Waals surface area contributed by atoms with E-state index in [1.165, 1.54) is 0 Å². The number of hydrogen-bond acceptors (Lipinski definition) is 4. The molecule has 0 aliphatic carbocycles. The Labute approximate surface area is 142 Å². The molecule has 0 aliphatic heterocycles. The molecule has 0 unspecified atom stereocenters. The summed E-state index contributed by atoms with van der Waals surface area (Å²) in [6.07, 6.45) is 5.17. The fraction of sp³-hybridized carbons (Fsp3) is 0.0556. The highest BCUT2D eigenvalue weighted by atomic mass is 32.1. The van der Waals surface area contributed by atoms with Crippen LogP contribution < -0.4 is 5.32 Å². The summed E-state index contributed by atoms with van der Waals surface area (Å²) in [4.78, 5) is 24.3. The largest absolute Gasteiger partial charge is 0.361 e. The van der Waals surface area contributed by atoms with Gasteiger partial charge in [0.2, 0.25) is 0 Å². The first-order chi connectivity index (χ1) is 11.8. The summed E-state index contributed by atoms with van der Waals surface area (Å²) >= 11 is 1.61. The number of aromatic amines is 1. The fourth-order valence-electron chi connectivity index (χ4n) is 2.60. The van der Waals surface area contributed by atoms with Crippen molar-refractivity contribution in [3.05, 3.63) is 70.9 Å². The Hall–Kier alpha value is -2.99. The lowest BCUT2D eigenvalue weighted by atomic mass is 10.1. The third-order valence-corrected chi connectivity index (χ3v) is 4.48. The molecular weight excluding hydrogens is 320 g/mol. The molecule has 1 aromatic carbocycles. The second-order valence-corrected chi connectivity index (χ2v) is 6.11. The average Bonchev–Trinajstić information content (AvgIpc) is 3.30. The maximum atomic E-state index is 12.4. The third-order valence-electron chi connectivity index (χ3n) is 3.80. The summed E-state index contributed by atoms with van der Waals surface area (Å²) < 4.78 is 0. The lowest BCUT2D eigenvalue weighted by molar-refractivity contribution is 0.0950. The fourth-order valence-corrected chi connectivity index (χ4v) is 3.24. The smallest absolute Gasteiger partial charge is 0.251 e. The zero-order valence-corrected chi connectivity index (χ0v) is 13.5. The first-order valence-corrected chi connectivity index (χ1v) is 8.43. The molecule has 0 aliphatic rings. The van der Waals surface area contributed by atoms with Gasteiger partial charge in [0.25, 0.3) is 5.91 Å². The van der Waals surface area contributed by atoms with E-state index in [4.69, 9.17) is 0 Å². The van der Waals surface area contributed by atoms with E-state index < -0.39 is 0 Å². The second kappa shape index (κ2) is 6.25. The minimum absolute atomic E-state index is 0.125. The third kappa shape index (κ3) is 2.79. The van der Waals surface area contributed by atoms with E-state index in [-0.39, 0.29) is 5.91 Å².